The van der Waals surface area contributed by atoms with Crippen LogP contribution in [0.4, 0.5) is 13.2 Å². The van der Waals surface area contributed by atoms with Gasteiger partial charge in [0.25, 0.3) is 0 Å². The Kier molecular flexibility index (Phi) is 4.08. The average Bonchev–Trinajstić information content (AvgIpc) is 3.08. The minimum absolute atomic E-state index is 0.0868. The molecule has 1 aromatic carbocycles. The van der Waals surface area contributed by atoms with Crippen molar-refractivity contribution in [3.63, 3.8) is 0 Å². The molecule has 9 heteroatoms. The third-order valence-corrected chi connectivity index (χ3v) is 4.04. The van der Waals surface area contributed by atoms with Gasteiger partial charge in [-0.3, -0.25) is 4.68 Å². The predicted octanol–water partition coefficient (Wildman–Crippen LogP) is 4.27. The molecule has 0 aliphatic rings. The van der Waals surface area contributed by atoms with E-state index in [4.69, 9.17) is 16.1 Å². The third kappa shape index (κ3) is 3.14. The fraction of sp³-hybridized carbons (Fsp3) is 0.267. The van der Waals surface area contributed by atoms with Gasteiger partial charge in [-0.05, 0) is 26.0 Å². The zero-order valence-corrected chi connectivity index (χ0v) is 13.5. The van der Waals surface area contributed by atoms with E-state index in [0.717, 1.165) is 17.8 Å². The van der Waals surface area contributed by atoms with Gasteiger partial charge in [0.2, 0.25) is 11.7 Å². The standard InChI is InChI=1S/C15H12ClF3N4O/c1-8-13(16)9(2)23(21-8)7-12-20-14(22-24-12)10-4-3-5-11(6-10)15(17,18)19/h3-6H,7H2,1-2H3. The van der Waals surface area contributed by atoms with Crippen molar-refractivity contribution in [2.75, 3.05) is 0 Å². The fourth-order valence-corrected chi connectivity index (χ4v) is 2.36. The summed E-state index contributed by atoms with van der Waals surface area (Å²) in [6.45, 7) is 3.76. The molecule has 0 atom stereocenters. The van der Waals surface area contributed by atoms with Crippen LogP contribution in [-0.4, -0.2) is 19.9 Å². The van der Waals surface area contributed by atoms with Crippen molar-refractivity contribution in [2.24, 2.45) is 0 Å². The van der Waals surface area contributed by atoms with Crippen molar-refractivity contribution in [1.29, 1.82) is 0 Å². The first-order chi connectivity index (χ1) is 11.3. The smallest absolute Gasteiger partial charge is 0.337 e. The van der Waals surface area contributed by atoms with Crippen molar-refractivity contribution in [2.45, 2.75) is 26.6 Å². The Balaban J connectivity index is 1.87. The van der Waals surface area contributed by atoms with E-state index in [9.17, 15) is 13.2 Å². The van der Waals surface area contributed by atoms with Crippen LogP contribution in [0.2, 0.25) is 5.02 Å². The fourth-order valence-electron chi connectivity index (χ4n) is 2.23. The van der Waals surface area contributed by atoms with Crippen molar-refractivity contribution in [3.05, 3.63) is 52.1 Å². The lowest BCUT2D eigenvalue weighted by atomic mass is 10.1. The van der Waals surface area contributed by atoms with E-state index >= 15 is 0 Å². The molecule has 0 fully saturated rings. The van der Waals surface area contributed by atoms with Crippen LogP contribution in [0.15, 0.2) is 28.8 Å². The molecule has 3 rings (SSSR count). The first-order valence-electron chi connectivity index (χ1n) is 6.95. The highest BCUT2D eigenvalue weighted by molar-refractivity contribution is 6.31. The van der Waals surface area contributed by atoms with Gasteiger partial charge in [0, 0.05) is 5.56 Å². The second-order valence-corrected chi connectivity index (χ2v) is 5.61. The number of aryl methyl sites for hydroxylation is 1. The van der Waals surface area contributed by atoms with Crippen LogP contribution < -0.4 is 0 Å². The van der Waals surface area contributed by atoms with Crippen molar-refractivity contribution in [3.8, 4) is 11.4 Å². The normalized spacial score (nSPS) is 11.9. The number of hydrogen-bond donors (Lipinski definition) is 0. The molecular formula is C15H12ClF3N4O. The molecule has 0 aliphatic heterocycles. The van der Waals surface area contributed by atoms with E-state index in [1.807, 2.05) is 0 Å². The first kappa shape index (κ1) is 16.5. The number of aromatic nitrogens is 4. The van der Waals surface area contributed by atoms with Crippen LogP contribution in [0, 0.1) is 13.8 Å². The summed E-state index contributed by atoms with van der Waals surface area (Å²) in [5, 5.41) is 8.53. The Labute approximate surface area is 140 Å². The molecular weight excluding hydrogens is 345 g/mol. The van der Waals surface area contributed by atoms with Gasteiger partial charge in [-0.2, -0.15) is 23.3 Å². The summed E-state index contributed by atoms with van der Waals surface area (Å²) in [6.07, 6.45) is -4.43. The molecule has 0 amide bonds. The zero-order valence-electron chi connectivity index (χ0n) is 12.7. The summed E-state index contributed by atoms with van der Waals surface area (Å²) in [4.78, 5) is 4.13. The highest BCUT2D eigenvalue weighted by atomic mass is 35.5. The average molecular weight is 357 g/mol. The molecule has 24 heavy (non-hydrogen) atoms. The molecule has 3 aromatic rings. The molecule has 0 aliphatic carbocycles. The van der Waals surface area contributed by atoms with E-state index in [-0.39, 0.29) is 23.8 Å². The Hall–Kier alpha value is -2.35. The molecule has 126 valence electrons. The molecule has 2 aromatic heterocycles. The van der Waals surface area contributed by atoms with Gasteiger partial charge in [-0.15, -0.1) is 0 Å². The monoisotopic (exact) mass is 356 g/mol. The Morgan fingerprint density at radius 2 is 2.00 bits per heavy atom. The molecule has 0 N–H and O–H groups in total. The Morgan fingerprint density at radius 3 is 2.62 bits per heavy atom. The van der Waals surface area contributed by atoms with Crippen molar-refractivity contribution in [1.82, 2.24) is 19.9 Å². The molecule has 0 saturated heterocycles. The summed E-state index contributed by atoms with van der Waals surface area (Å²) < 4.78 is 45.0. The summed E-state index contributed by atoms with van der Waals surface area (Å²) >= 11 is 6.07. The topological polar surface area (TPSA) is 56.7 Å². The van der Waals surface area contributed by atoms with Gasteiger partial charge in [0.1, 0.15) is 6.54 Å². The second kappa shape index (κ2) is 5.94. The summed E-state index contributed by atoms with van der Waals surface area (Å²) in [7, 11) is 0. The van der Waals surface area contributed by atoms with Crippen LogP contribution in [0.1, 0.15) is 22.8 Å². The van der Waals surface area contributed by atoms with Gasteiger partial charge >= 0.3 is 6.18 Å². The minimum atomic E-state index is -4.43. The highest BCUT2D eigenvalue weighted by Crippen LogP contribution is 2.31. The third-order valence-electron chi connectivity index (χ3n) is 3.49. The number of halogens is 4. The van der Waals surface area contributed by atoms with Gasteiger partial charge in [0.15, 0.2) is 0 Å². The maximum atomic E-state index is 12.8. The predicted molar refractivity (Wildman–Crippen MR) is 80.5 cm³/mol. The van der Waals surface area contributed by atoms with Gasteiger partial charge in [0.05, 0.1) is 22.0 Å². The molecule has 0 saturated carbocycles. The minimum Gasteiger partial charge on any atom is -0.337 e. The zero-order chi connectivity index (χ0) is 17.5. The largest absolute Gasteiger partial charge is 0.416 e. The molecule has 2 heterocycles. The summed E-state index contributed by atoms with van der Waals surface area (Å²) in [6, 6.07) is 4.76. The summed E-state index contributed by atoms with van der Waals surface area (Å²) in [5.74, 6) is 0.313. The first-order valence-corrected chi connectivity index (χ1v) is 7.33. The second-order valence-electron chi connectivity index (χ2n) is 5.23. The van der Waals surface area contributed by atoms with Crippen molar-refractivity contribution < 1.29 is 17.7 Å². The number of benzene rings is 1. The van der Waals surface area contributed by atoms with Gasteiger partial charge < -0.3 is 4.52 Å². The van der Waals surface area contributed by atoms with E-state index < -0.39 is 11.7 Å². The van der Waals surface area contributed by atoms with Crippen LogP contribution in [0.5, 0.6) is 0 Å². The van der Waals surface area contributed by atoms with E-state index in [0.29, 0.717) is 10.7 Å². The maximum absolute atomic E-state index is 12.8. The van der Waals surface area contributed by atoms with Crippen LogP contribution >= 0.6 is 11.6 Å². The van der Waals surface area contributed by atoms with Crippen LogP contribution in [-0.2, 0) is 12.7 Å². The molecule has 5 nitrogen and oxygen atoms in total. The molecule has 0 radical (unpaired) electrons. The number of rotatable bonds is 3. The van der Waals surface area contributed by atoms with Crippen LogP contribution in [0.3, 0.4) is 0 Å². The quantitative estimate of drug-likeness (QED) is 0.703. The lowest BCUT2D eigenvalue weighted by molar-refractivity contribution is -0.137. The lowest BCUT2D eigenvalue weighted by Gasteiger charge is -2.06. The lowest BCUT2D eigenvalue weighted by Crippen LogP contribution is -2.05. The number of hydrogen-bond acceptors (Lipinski definition) is 4. The summed E-state index contributed by atoms with van der Waals surface area (Å²) in [5.41, 5.74) is 0.877. The number of alkyl halides is 3. The Bertz CT molecular complexity index is 885. The van der Waals surface area contributed by atoms with Crippen LogP contribution in [0.25, 0.3) is 11.4 Å². The van der Waals surface area contributed by atoms with E-state index in [1.54, 1.807) is 18.5 Å². The molecule has 0 unspecified atom stereocenters. The molecule has 0 spiro atoms. The Morgan fingerprint density at radius 1 is 1.25 bits per heavy atom. The van der Waals surface area contributed by atoms with E-state index in [2.05, 4.69) is 15.2 Å². The van der Waals surface area contributed by atoms with E-state index in [1.165, 1.54) is 12.1 Å². The highest BCUT2D eigenvalue weighted by Gasteiger charge is 2.30. The SMILES string of the molecule is Cc1nn(Cc2nc(-c3cccc(C(F)(F)F)c3)no2)c(C)c1Cl. The number of nitrogens with zero attached hydrogens (tertiary/aromatic N) is 4. The maximum Gasteiger partial charge on any atom is 0.416 e. The molecule has 0 bridgehead atoms. The van der Waals surface area contributed by atoms with Crippen molar-refractivity contribution >= 4 is 11.6 Å². The van der Waals surface area contributed by atoms with Gasteiger partial charge in [-0.1, -0.05) is 28.9 Å². The van der Waals surface area contributed by atoms with Gasteiger partial charge in [-0.25, -0.2) is 0 Å².